The van der Waals surface area contributed by atoms with Crippen LogP contribution in [-0.4, -0.2) is 32.4 Å². The molecule has 0 spiro atoms. The first-order chi connectivity index (χ1) is 11.4. The molecule has 0 fully saturated rings. The number of aryl methyl sites for hydroxylation is 1. The number of esters is 1. The summed E-state index contributed by atoms with van der Waals surface area (Å²) in [5.74, 6) is 5.69. The maximum atomic E-state index is 12.3. The lowest BCUT2D eigenvalue weighted by atomic mass is 10.2. The SMILES string of the molecule is CCCCOC(=O)c1cc([N+](=O)[O-])ccc1Sc1nnc(C)n1N. The normalized spacial score (nSPS) is 10.6. The topological polar surface area (TPSA) is 126 Å². The summed E-state index contributed by atoms with van der Waals surface area (Å²) in [6.07, 6.45) is 1.60. The van der Waals surface area contributed by atoms with E-state index in [0.29, 0.717) is 15.9 Å². The summed E-state index contributed by atoms with van der Waals surface area (Å²) < 4.78 is 6.44. The van der Waals surface area contributed by atoms with Crippen molar-refractivity contribution >= 4 is 23.4 Å². The lowest BCUT2D eigenvalue weighted by molar-refractivity contribution is -0.384. The molecule has 0 aliphatic heterocycles. The van der Waals surface area contributed by atoms with E-state index in [4.69, 9.17) is 10.6 Å². The zero-order valence-electron chi connectivity index (χ0n) is 13.3. The fourth-order valence-electron chi connectivity index (χ4n) is 1.78. The monoisotopic (exact) mass is 351 g/mol. The second-order valence-electron chi connectivity index (χ2n) is 4.93. The predicted octanol–water partition coefficient (Wildman–Crippen LogP) is 2.32. The number of rotatable bonds is 7. The number of carbonyl (C=O) groups is 1. The molecule has 0 unspecified atom stereocenters. The van der Waals surface area contributed by atoms with E-state index < -0.39 is 10.9 Å². The van der Waals surface area contributed by atoms with Gasteiger partial charge in [0.15, 0.2) is 0 Å². The van der Waals surface area contributed by atoms with Gasteiger partial charge in [-0.2, -0.15) is 0 Å². The molecule has 1 aromatic heterocycles. The summed E-state index contributed by atoms with van der Waals surface area (Å²) in [5.41, 5.74) is -0.0851. The van der Waals surface area contributed by atoms with E-state index in [1.807, 2.05) is 6.92 Å². The summed E-state index contributed by atoms with van der Waals surface area (Å²) in [5, 5.41) is 19.1. The van der Waals surface area contributed by atoms with Crippen LogP contribution in [-0.2, 0) is 4.74 Å². The third-order valence-electron chi connectivity index (χ3n) is 3.16. The van der Waals surface area contributed by atoms with Crippen molar-refractivity contribution in [1.82, 2.24) is 14.9 Å². The molecule has 24 heavy (non-hydrogen) atoms. The molecular weight excluding hydrogens is 334 g/mol. The van der Waals surface area contributed by atoms with E-state index in [1.165, 1.54) is 22.9 Å². The predicted molar refractivity (Wildman–Crippen MR) is 87.3 cm³/mol. The van der Waals surface area contributed by atoms with Crippen LogP contribution in [0, 0.1) is 17.0 Å². The number of carbonyl (C=O) groups excluding carboxylic acids is 1. The number of nitro benzene ring substituents is 1. The van der Waals surface area contributed by atoms with Gasteiger partial charge in [0.2, 0.25) is 5.16 Å². The molecule has 0 saturated heterocycles. The molecule has 2 N–H and O–H groups in total. The van der Waals surface area contributed by atoms with E-state index >= 15 is 0 Å². The van der Waals surface area contributed by atoms with Gasteiger partial charge in [0.05, 0.1) is 17.1 Å². The number of hydrogen-bond acceptors (Lipinski definition) is 8. The van der Waals surface area contributed by atoms with Gasteiger partial charge in [-0.15, -0.1) is 10.2 Å². The van der Waals surface area contributed by atoms with Crippen LogP contribution in [0.2, 0.25) is 0 Å². The summed E-state index contributed by atoms with van der Waals surface area (Å²) >= 11 is 1.09. The highest BCUT2D eigenvalue weighted by Crippen LogP contribution is 2.31. The molecule has 2 aromatic rings. The summed E-state index contributed by atoms with van der Waals surface area (Å²) in [4.78, 5) is 23.1. The number of ether oxygens (including phenoxy) is 1. The minimum absolute atomic E-state index is 0.103. The Balaban J connectivity index is 2.33. The minimum atomic E-state index is -0.616. The van der Waals surface area contributed by atoms with Gasteiger partial charge in [0, 0.05) is 17.0 Å². The van der Waals surface area contributed by atoms with Gasteiger partial charge in [-0.05, 0) is 31.2 Å². The number of nitrogens with zero attached hydrogens (tertiary/aromatic N) is 4. The van der Waals surface area contributed by atoms with Crippen LogP contribution in [0.1, 0.15) is 35.9 Å². The molecule has 0 bridgehead atoms. The Morgan fingerprint density at radius 2 is 2.21 bits per heavy atom. The van der Waals surface area contributed by atoms with Gasteiger partial charge in [0.1, 0.15) is 5.82 Å². The molecule has 1 aromatic carbocycles. The molecule has 0 aliphatic carbocycles. The Bertz CT molecular complexity index is 762. The summed E-state index contributed by atoms with van der Waals surface area (Å²) in [6.45, 7) is 3.92. The van der Waals surface area contributed by atoms with E-state index in [0.717, 1.165) is 24.6 Å². The van der Waals surface area contributed by atoms with Gasteiger partial charge < -0.3 is 10.6 Å². The largest absolute Gasteiger partial charge is 0.462 e. The standard InChI is InChI=1S/C14H17N5O4S/c1-3-4-7-23-13(20)11-8-10(19(21)22)5-6-12(11)24-14-17-16-9(2)18(14)15/h5-6,8H,3-4,7,15H2,1-2H3. The molecule has 0 aliphatic rings. The molecule has 0 amide bonds. The number of nitrogens with two attached hydrogens (primary N) is 1. The first kappa shape index (κ1) is 17.7. The van der Waals surface area contributed by atoms with Crippen molar-refractivity contribution < 1.29 is 14.5 Å². The van der Waals surface area contributed by atoms with Crippen molar-refractivity contribution in [3.8, 4) is 0 Å². The van der Waals surface area contributed by atoms with Gasteiger partial charge in [-0.1, -0.05) is 13.3 Å². The van der Waals surface area contributed by atoms with Crippen LogP contribution >= 0.6 is 11.8 Å². The van der Waals surface area contributed by atoms with Gasteiger partial charge in [-0.25, -0.2) is 9.47 Å². The lowest BCUT2D eigenvalue weighted by Crippen LogP contribution is -2.12. The highest BCUT2D eigenvalue weighted by molar-refractivity contribution is 7.99. The van der Waals surface area contributed by atoms with Crippen molar-refractivity contribution in [2.24, 2.45) is 0 Å². The zero-order chi connectivity index (χ0) is 17.7. The van der Waals surface area contributed by atoms with Crippen molar-refractivity contribution in [2.45, 2.75) is 36.7 Å². The van der Waals surface area contributed by atoms with E-state index in [-0.39, 0.29) is 17.9 Å². The molecule has 2 rings (SSSR count). The fraction of sp³-hybridized carbons (Fsp3) is 0.357. The highest BCUT2D eigenvalue weighted by atomic mass is 32.2. The molecule has 10 heteroatoms. The molecule has 0 radical (unpaired) electrons. The number of benzene rings is 1. The second-order valence-corrected chi connectivity index (χ2v) is 5.94. The number of hydrogen-bond donors (Lipinski definition) is 1. The fourth-order valence-corrected chi connectivity index (χ4v) is 2.68. The highest BCUT2D eigenvalue weighted by Gasteiger charge is 2.20. The van der Waals surface area contributed by atoms with Gasteiger partial charge in [-0.3, -0.25) is 10.1 Å². The van der Waals surface area contributed by atoms with Crippen LogP contribution in [0.4, 0.5) is 5.69 Å². The Morgan fingerprint density at radius 1 is 1.46 bits per heavy atom. The number of nitrogen functional groups attached to an aromatic ring is 1. The molecule has 128 valence electrons. The summed E-state index contributed by atoms with van der Waals surface area (Å²) in [7, 11) is 0. The van der Waals surface area contributed by atoms with Crippen LogP contribution in [0.15, 0.2) is 28.3 Å². The Kier molecular flexibility index (Phi) is 5.74. The van der Waals surface area contributed by atoms with Crippen molar-refractivity contribution in [1.29, 1.82) is 0 Å². The zero-order valence-corrected chi connectivity index (χ0v) is 14.1. The smallest absolute Gasteiger partial charge is 0.339 e. The van der Waals surface area contributed by atoms with Crippen LogP contribution in [0.5, 0.6) is 0 Å². The molecular formula is C14H17N5O4S. The Labute approximate surface area is 142 Å². The Morgan fingerprint density at radius 3 is 2.79 bits per heavy atom. The molecule has 9 nitrogen and oxygen atoms in total. The van der Waals surface area contributed by atoms with Crippen LogP contribution < -0.4 is 5.84 Å². The number of unbranched alkanes of at least 4 members (excludes halogenated alkanes) is 1. The second kappa shape index (κ2) is 7.77. The van der Waals surface area contributed by atoms with Crippen molar-refractivity contribution in [2.75, 3.05) is 12.4 Å². The van der Waals surface area contributed by atoms with Gasteiger partial charge >= 0.3 is 5.97 Å². The van der Waals surface area contributed by atoms with E-state index in [2.05, 4.69) is 10.2 Å². The average molecular weight is 351 g/mol. The number of aromatic nitrogens is 3. The maximum absolute atomic E-state index is 12.3. The van der Waals surface area contributed by atoms with E-state index in [9.17, 15) is 14.9 Å². The third kappa shape index (κ3) is 4.02. The first-order valence-corrected chi connectivity index (χ1v) is 8.06. The average Bonchev–Trinajstić information content (AvgIpc) is 2.87. The van der Waals surface area contributed by atoms with E-state index in [1.54, 1.807) is 6.92 Å². The number of non-ortho nitro benzene ring substituents is 1. The molecule has 0 atom stereocenters. The quantitative estimate of drug-likeness (QED) is 0.265. The molecule has 0 saturated carbocycles. The van der Waals surface area contributed by atoms with Crippen molar-refractivity contribution in [3.05, 3.63) is 39.7 Å². The lowest BCUT2D eigenvalue weighted by Gasteiger charge is -2.09. The third-order valence-corrected chi connectivity index (χ3v) is 4.20. The Hall–Kier alpha value is -2.62. The summed E-state index contributed by atoms with van der Waals surface area (Å²) in [6, 6.07) is 3.99. The van der Waals surface area contributed by atoms with Crippen LogP contribution in [0.3, 0.4) is 0 Å². The first-order valence-electron chi connectivity index (χ1n) is 7.24. The minimum Gasteiger partial charge on any atom is -0.462 e. The number of nitro groups is 1. The maximum Gasteiger partial charge on any atom is 0.339 e. The van der Waals surface area contributed by atoms with Crippen LogP contribution in [0.25, 0.3) is 0 Å². The van der Waals surface area contributed by atoms with Gasteiger partial charge in [0.25, 0.3) is 5.69 Å². The van der Waals surface area contributed by atoms with Crippen molar-refractivity contribution in [3.63, 3.8) is 0 Å². The molecule has 1 heterocycles.